The van der Waals surface area contributed by atoms with Crippen molar-refractivity contribution in [3.8, 4) is 11.1 Å². The first-order valence-corrected chi connectivity index (χ1v) is 7.83. The van der Waals surface area contributed by atoms with Gasteiger partial charge in [0.15, 0.2) is 0 Å². The highest BCUT2D eigenvalue weighted by atomic mass is 15.1. The first-order valence-electron chi connectivity index (χ1n) is 7.83. The van der Waals surface area contributed by atoms with Gasteiger partial charge in [0.05, 0.1) is 0 Å². The summed E-state index contributed by atoms with van der Waals surface area (Å²) in [5, 5.41) is 3.44. The van der Waals surface area contributed by atoms with Gasteiger partial charge < -0.3 is 10.2 Å². The van der Waals surface area contributed by atoms with Crippen molar-refractivity contribution in [1.82, 2.24) is 10.2 Å². The molecule has 1 atom stereocenters. The van der Waals surface area contributed by atoms with E-state index in [1.54, 1.807) is 0 Å². The summed E-state index contributed by atoms with van der Waals surface area (Å²) in [6, 6.07) is 19.8. The minimum Gasteiger partial charge on any atom is -0.312 e. The van der Waals surface area contributed by atoms with Crippen LogP contribution in [0.1, 0.15) is 25.5 Å². The highest BCUT2D eigenvalue weighted by Gasteiger charge is 2.12. The fraction of sp³-hybridized carbons (Fsp3) is 0.368. The third-order valence-electron chi connectivity index (χ3n) is 4.10. The van der Waals surface area contributed by atoms with E-state index >= 15 is 0 Å². The molecular weight excluding hydrogens is 256 g/mol. The summed E-state index contributed by atoms with van der Waals surface area (Å²) in [5.41, 5.74) is 3.90. The van der Waals surface area contributed by atoms with E-state index in [2.05, 4.69) is 78.7 Å². The maximum atomic E-state index is 3.44. The van der Waals surface area contributed by atoms with Crippen LogP contribution in [0.3, 0.4) is 0 Å². The molecule has 0 aliphatic heterocycles. The number of nitrogens with zero attached hydrogens (tertiary/aromatic N) is 1. The minimum absolute atomic E-state index is 0.384. The number of hydrogen-bond donors (Lipinski definition) is 1. The molecular formula is C19H26N2. The highest BCUT2D eigenvalue weighted by molar-refractivity contribution is 5.63. The van der Waals surface area contributed by atoms with Crippen LogP contribution in [0, 0.1) is 0 Å². The molecule has 0 amide bonds. The molecule has 2 heteroatoms. The molecule has 0 aliphatic carbocycles. The van der Waals surface area contributed by atoms with Gasteiger partial charge in [-0.05, 0) is 36.8 Å². The molecule has 0 spiro atoms. The van der Waals surface area contributed by atoms with Gasteiger partial charge in [-0.15, -0.1) is 0 Å². The maximum Gasteiger partial charge on any atom is 0.0446 e. The quantitative estimate of drug-likeness (QED) is 0.827. The zero-order valence-corrected chi connectivity index (χ0v) is 13.3. The molecule has 2 aromatic carbocycles. The Hall–Kier alpha value is -1.64. The molecule has 0 aromatic heterocycles. The Morgan fingerprint density at radius 1 is 0.857 bits per heavy atom. The van der Waals surface area contributed by atoms with E-state index in [4.69, 9.17) is 0 Å². The van der Waals surface area contributed by atoms with Crippen molar-refractivity contribution in [1.29, 1.82) is 0 Å². The molecule has 2 nitrogen and oxygen atoms in total. The van der Waals surface area contributed by atoms with E-state index in [9.17, 15) is 0 Å². The van der Waals surface area contributed by atoms with Crippen molar-refractivity contribution in [2.75, 3.05) is 26.7 Å². The third-order valence-corrected chi connectivity index (χ3v) is 4.10. The van der Waals surface area contributed by atoms with Crippen molar-refractivity contribution in [2.24, 2.45) is 0 Å². The van der Waals surface area contributed by atoms with E-state index in [1.165, 1.54) is 16.7 Å². The van der Waals surface area contributed by atoms with Crippen molar-refractivity contribution in [2.45, 2.75) is 19.9 Å². The molecule has 0 heterocycles. The first kappa shape index (κ1) is 15.7. The van der Waals surface area contributed by atoms with Crippen molar-refractivity contribution in [3.63, 3.8) is 0 Å². The molecule has 0 saturated carbocycles. The number of benzene rings is 2. The fourth-order valence-corrected chi connectivity index (χ4v) is 2.64. The average Bonchev–Trinajstić information content (AvgIpc) is 2.57. The van der Waals surface area contributed by atoms with Crippen LogP contribution in [-0.4, -0.2) is 31.6 Å². The number of likely N-dealkylation sites (N-methyl/N-ethyl adjacent to an activating group) is 2. The Balaban J connectivity index is 2.13. The summed E-state index contributed by atoms with van der Waals surface area (Å²) >= 11 is 0. The summed E-state index contributed by atoms with van der Waals surface area (Å²) in [5.74, 6) is 0. The monoisotopic (exact) mass is 282 g/mol. The third kappa shape index (κ3) is 4.16. The van der Waals surface area contributed by atoms with Gasteiger partial charge in [-0.2, -0.15) is 0 Å². The predicted molar refractivity (Wildman–Crippen MR) is 91.5 cm³/mol. The van der Waals surface area contributed by atoms with Gasteiger partial charge >= 0.3 is 0 Å². The molecule has 0 bridgehead atoms. The molecule has 0 fully saturated rings. The fourth-order valence-electron chi connectivity index (χ4n) is 2.64. The van der Waals surface area contributed by atoms with Gasteiger partial charge in [-0.3, -0.25) is 0 Å². The second-order valence-electron chi connectivity index (χ2n) is 5.32. The molecule has 0 saturated heterocycles. The second-order valence-corrected chi connectivity index (χ2v) is 5.32. The summed E-state index contributed by atoms with van der Waals surface area (Å²) < 4.78 is 0. The van der Waals surface area contributed by atoms with Gasteiger partial charge in [0.1, 0.15) is 0 Å². The molecule has 1 unspecified atom stereocenters. The van der Waals surface area contributed by atoms with E-state index < -0.39 is 0 Å². The average molecular weight is 282 g/mol. The SMILES string of the molecule is CCN(CC)CC(NC)c1ccc(-c2ccccc2)cc1. The van der Waals surface area contributed by atoms with E-state index in [1.807, 2.05) is 7.05 Å². The van der Waals surface area contributed by atoms with Gasteiger partial charge in [0.25, 0.3) is 0 Å². The van der Waals surface area contributed by atoms with Crippen molar-refractivity contribution >= 4 is 0 Å². The zero-order valence-electron chi connectivity index (χ0n) is 13.3. The van der Waals surface area contributed by atoms with Gasteiger partial charge in [0, 0.05) is 12.6 Å². The second kappa shape index (κ2) is 7.96. The lowest BCUT2D eigenvalue weighted by atomic mass is 10.0. The predicted octanol–water partition coefficient (Wildman–Crippen LogP) is 3.96. The lowest BCUT2D eigenvalue weighted by Crippen LogP contribution is -2.33. The molecule has 2 rings (SSSR count). The van der Waals surface area contributed by atoms with E-state index in [-0.39, 0.29) is 0 Å². The summed E-state index contributed by atoms with van der Waals surface area (Å²) in [6.07, 6.45) is 0. The van der Waals surface area contributed by atoms with E-state index in [0.29, 0.717) is 6.04 Å². The van der Waals surface area contributed by atoms with Crippen molar-refractivity contribution < 1.29 is 0 Å². The topological polar surface area (TPSA) is 15.3 Å². The molecule has 112 valence electrons. The maximum absolute atomic E-state index is 3.44. The van der Waals surface area contributed by atoms with Crippen molar-refractivity contribution in [3.05, 3.63) is 60.2 Å². The first-order chi connectivity index (χ1) is 10.3. The Bertz CT molecular complexity index is 515. The van der Waals surface area contributed by atoms with Crippen LogP contribution in [0.5, 0.6) is 0 Å². The van der Waals surface area contributed by atoms with Crippen LogP contribution in [0.15, 0.2) is 54.6 Å². The van der Waals surface area contributed by atoms with Gasteiger partial charge in [-0.25, -0.2) is 0 Å². The Morgan fingerprint density at radius 2 is 1.43 bits per heavy atom. The Morgan fingerprint density at radius 3 is 1.95 bits per heavy atom. The summed E-state index contributed by atoms with van der Waals surface area (Å²) in [6.45, 7) is 7.67. The Labute approximate surface area is 128 Å². The van der Waals surface area contributed by atoms with Gasteiger partial charge in [0.2, 0.25) is 0 Å². The van der Waals surface area contributed by atoms with Crippen LogP contribution in [0.2, 0.25) is 0 Å². The van der Waals surface area contributed by atoms with Crippen LogP contribution in [-0.2, 0) is 0 Å². The molecule has 21 heavy (non-hydrogen) atoms. The normalized spacial score (nSPS) is 12.6. The summed E-state index contributed by atoms with van der Waals surface area (Å²) in [4.78, 5) is 2.45. The Kier molecular flexibility index (Phi) is 5.97. The number of hydrogen-bond acceptors (Lipinski definition) is 2. The number of nitrogens with one attached hydrogen (secondary N) is 1. The molecule has 0 radical (unpaired) electrons. The number of rotatable bonds is 7. The van der Waals surface area contributed by atoms with Crippen LogP contribution in [0.4, 0.5) is 0 Å². The largest absolute Gasteiger partial charge is 0.312 e. The lowest BCUT2D eigenvalue weighted by molar-refractivity contribution is 0.271. The lowest BCUT2D eigenvalue weighted by Gasteiger charge is -2.25. The van der Waals surface area contributed by atoms with E-state index in [0.717, 1.165) is 19.6 Å². The molecule has 2 aromatic rings. The van der Waals surface area contributed by atoms with Crippen LogP contribution in [0.25, 0.3) is 11.1 Å². The smallest absolute Gasteiger partial charge is 0.0446 e. The standard InChI is InChI=1S/C19H26N2/c1-4-21(5-2)15-19(20-3)18-13-11-17(12-14-18)16-9-7-6-8-10-16/h6-14,19-20H,4-5,15H2,1-3H3. The molecule has 1 N–H and O–H groups in total. The zero-order chi connectivity index (χ0) is 15.1. The highest BCUT2D eigenvalue weighted by Crippen LogP contribution is 2.22. The van der Waals surface area contributed by atoms with Crippen LogP contribution >= 0.6 is 0 Å². The minimum atomic E-state index is 0.384. The molecule has 0 aliphatic rings. The summed E-state index contributed by atoms with van der Waals surface area (Å²) in [7, 11) is 2.04. The van der Waals surface area contributed by atoms with Crippen LogP contribution < -0.4 is 5.32 Å². The van der Waals surface area contributed by atoms with Gasteiger partial charge in [-0.1, -0.05) is 68.4 Å².